The molecular formula is C13H17BrFNO2. The quantitative estimate of drug-likeness (QED) is 0.813. The number of carbonyl (C=O) groups excluding carboxylic acids is 1. The zero-order chi connectivity index (χ0) is 13.5. The lowest BCUT2D eigenvalue weighted by Crippen LogP contribution is -2.13. The van der Waals surface area contributed by atoms with Crippen LogP contribution in [0, 0.1) is 12.7 Å². The fourth-order valence-electron chi connectivity index (χ4n) is 1.47. The van der Waals surface area contributed by atoms with Crippen molar-refractivity contribution in [2.75, 3.05) is 18.5 Å². The molecule has 3 nitrogen and oxygen atoms in total. The van der Waals surface area contributed by atoms with Gasteiger partial charge in [-0.25, -0.2) is 4.39 Å². The third kappa shape index (κ3) is 4.74. The summed E-state index contributed by atoms with van der Waals surface area (Å²) < 4.78 is 18.7. The van der Waals surface area contributed by atoms with Crippen LogP contribution >= 0.6 is 15.9 Å². The molecule has 1 aromatic carbocycles. The standard InChI is InChI=1S/C13H17BrFNO2/c1-3-18-6-4-5-13(17)16-12-8-10(14)11(15)7-9(12)2/h7-8H,3-6H2,1-2H3,(H,16,17). The minimum atomic E-state index is -0.332. The molecule has 1 rings (SSSR count). The predicted molar refractivity (Wildman–Crippen MR) is 73.2 cm³/mol. The summed E-state index contributed by atoms with van der Waals surface area (Å²) in [6.45, 7) is 4.91. The van der Waals surface area contributed by atoms with Crippen LogP contribution in [0.25, 0.3) is 0 Å². The number of hydrogen-bond donors (Lipinski definition) is 1. The molecule has 0 radical (unpaired) electrons. The fraction of sp³-hybridized carbons (Fsp3) is 0.462. The third-order valence-corrected chi connectivity index (χ3v) is 3.05. The van der Waals surface area contributed by atoms with E-state index in [0.29, 0.717) is 41.8 Å². The van der Waals surface area contributed by atoms with E-state index >= 15 is 0 Å². The molecule has 1 amide bonds. The Kier molecular flexibility index (Phi) is 6.29. The minimum absolute atomic E-state index is 0.0867. The first-order chi connectivity index (χ1) is 8.54. The molecule has 0 bridgehead atoms. The van der Waals surface area contributed by atoms with Gasteiger partial charge in [0.2, 0.25) is 5.91 Å². The van der Waals surface area contributed by atoms with Crippen LogP contribution in [-0.4, -0.2) is 19.1 Å². The van der Waals surface area contributed by atoms with E-state index in [9.17, 15) is 9.18 Å². The maximum Gasteiger partial charge on any atom is 0.224 e. The second-order valence-electron chi connectivity index (χ2n) is 3.93. The van der Waals surface area contributed by atoms with Gasteiger partial charge < -0.3 is 10.1 Å². The maximum absolute atomic E-state index is 13.2. The molecule has 0 fully saturated rings. The van der Waals surface area contributed by atoms with Gasteiger partial charge in [0.05, 0.1) is 4.47 Å². The number of amides is 1. The topological polar surface area (TPSA) is 38.3 Å². The minimum Gasteiger partial charge on any atom is -0.382 e. The van der Waals surface area contributed by atoms with Crippen molar-refractivity contribution in [1.82, 2.24) is 0 Å². The number of ether oxygens (including phenoxy) is 1. The third-order valence-electron chi connectivity index (χ3n) is 2.44. The molecule has 0 aliphatic rings. The highest BCUT2D eigenvalue weighted by Crippen LogP contribution is 2.24. The molecule has 0 spiro atoms. The lowest BCUT2D eigenvalue weighted by Gasteiger charge is -2.09. The van der Waals surface area contributed by atoms with Gasteiger partial charge in [-0.2, -0.15) is 0 Å². The van der Waals surface area contributed by atoms with E-state index in [2.05, 4.69) is 21.2 Å². The zero-order valence-electron chi connectivity index (χ0n) is 10.6. The van der Waals surface area contributed by atoms with Gasteiger partial charge in [0.25, 0.3) is 0 Å². The van der Waals surface area contributed by atoms with Gasteiger partial charge in [-0.3, -0.25) is 4.79 Å². The summed E-state index contributed by atoms with van der Waals surface area (Å²) in [7, 11) is 0. The summed E-state index contributed by atoms with van der Waals surface area (Å²) in [5.74, 6) is -0.418. The number of nitrogens with one attached hydrogen (secondary N) is 1. The molecule has 0 aromatic heterocycles. The van der Waals surface area contributed by atoms with Crippen molar-refractivity contribution in [2.24, 2.45) is 0 Å². The Balaban J connectivity index is 2.51. The molecule has 0 aliphatic carbocycles. The Morgan fingerprint density at radius 2 is 2.22 bits per heavy atom. The number of hydrogen-bond acceptors (Lipinski definition) is 2. The Morgan fingerprint density at radius 1 is 1.50 bits per heavy atom. The van der Waals surface area contributed by atoms with Crippen LogP contribution in [-0.2, 0) is 9.53 Å². The molecule has 100 valence electrons. The van der Waals surface area contributed by atoms with E-state index < -0.39 is 0 Å². The van der Waals surface area contributed by atoms with Crippen molar-refractivity contribution in [3.63, 3.8) is 0 Å². The fourth-order valence-corrected chi connectivity index (χ4v) is 1.82. The number of halogens is 2. The average molecular weight is 318 g/mol. The number of aryl methyl sites for hydroxylation is 1. The average Bonchev–Trinajstić information content (AvgIpc) is 2.32. The Bertz CT molecular complexity index is 424. The van der Waals surface area contributed by atoms with Crippen LogP contribution in [0.2, 0.25) is 0 Å². The van der Waals surface area contributed by atoms with E-state index in [0.717, 1.165) is 0 Å². The molecule has 0 saturated carbocycles. The second-order valence-corrected chi connectivity index (χ2v) is 4.78. The van der Waals surface area contributed by atoms with Gasteiger partial charge in [-0.15, -0.1) is 0 Å². The van der Waals surface area contributed by atoms with E-state index in [4.69, 9.17) is 4.74 Å². The van der Waals surface area contributed by atoms with Crippen molar-refractivity contribution in [2.45, 2.75) is 26.7 Å². The van der Waals surface area contributed by atoms with Gasteiger partial charge in [-0.05, 0) is 53.9 Å². The van der Waals surface area contributed by atoms with Gasteiger partial charge in [0, 0.05) is 25.3 Å². The largest absolute Gasteiger partial charge is 0.382 e. The summed E-state index contributed by atoms with van der Waals surface area (Å²) in [5, 5.41) is 2.76. The van der Waals surface area contributed by atoms with Crippen molar-refractivity contribution in [3.05, 3.63) is 28.0 Å². The number of rotatable bonds is 6. The van der Waals surface area contributed by atoms with Crippen molar-refractivity contribution >= 4 is 27.5 Å². The molecule has 0 saturated heterocycles. The van der Waals surface area contributed by atoms with Crippen LogP contribution in [0.15, 0.2) is 16.6 Å². The molecule has 0 atom stereocenters. The summed E-state index contributed by atoms with van der Waals surface area (Å²) in [5.41, 5.74) is 1.33. The van der Waals surface area contributed by atoms with Crippen molar-refractivity contribution in [3.8, 4) is 0 Å². The second kappa shape index (κ2) is 7.48. The van der Waals surface area contributed by atoms with Gasteiger partial charge >= 0.3 is 0 Å². The van der Waals surface area contributed by atoms with Crippen LogP contribution in [0.5, 0.6) is 0 Å². The lowest BCUT2D eigenvalue weighted by atomic mass is 10.2. The molecule has 18 heavy (non-hydrogen) atoms. The highest BCUT2D eigenvalue weighted by atomic mass is 79.9. The smallest absolute Gasteiger partial charge is 0.224 e. The first-order valence-electron chi connectivity index (χ1n) is 5.87. The van der Waals surface area contributed by atoms with E-state index in [1.165, 1.54) is 6.07 Å². The first kappa shape index (κ1) is 15.1. The molecule has 5 heteroatoms. The van der Waals surface area contributed by atoms with Gasteiger partial charge in [0.1, 0.15) is 5.82 Å². The molecule has 0 unspecified atom stereocenters. The Morgan fingerprint density at radius 3 is 2.89 bits per heavy atom. The summed E-state index contributed by atoms with van der Waals surface area (Å²) >= 11 is 3.10. The zero-order valence-corrected chi connectivity index (χ0v) is 12.1. The van der Waals surface area contributed by atoms with Crippen LogP contribution in [0.3, 0.4) is 0 Å². The van der Waals surface area contributed by atoms with Crippen molar-refractivity contribution < 1.29 is 13.9 Å². The monoisotopic (exact) mass is 317 g/mol. The molecule has 0 aliphatic heterocycles. The maximum atomic E-state index is 13.2. The van der Waals surface area contributed by atoms with Crippen LogP contribution in [0.1, 0.15) is 25.3 Å². The lowest BCUT2D eigenvalue weighted by molar-refractivity contribution is -0.116. The van der Waals surface area contributed by atoms with E-state index in [1.807, 2.05) is 6.92 Å². The summed E-state index contributed by atoms with van der Waals surface area (Å²) in [6, 6.07) is 2.96. The number of carbonyl (C=O) groups is 1. The van der Waals surface area contributed by atoms with Crippen LogP contribution in [0.4, 0.5) is 10.1 Å². The number of anilines is 1. The van der Waals surface area contributed by atoms with Crippen molar-refractivity contribution in [1.29, 1.82) is 0 Å². The van der Waals surface area contributed by atoms with Gasteiger partial charge in [-0.1, -0.05) is 0 Å². The SMILES string of the molecule is CCOCCCC(=O)Nc1cc(Br)c(F)cc1C. The first-order valence-corrected chi connectivity index (χ1v) is 6.67. The van der Waals surface area contributed by atoms with Crippen LogP contribution < -0.4 is 5.32 Å². The molecule has 1 aromatic rings. The Labute approximate surface area is 115 Å². The Hall–Kier alpha value is -0.940. The molecule has 0 heterocycles. The normalized spacial score (nSPS) is 10.4. The van der Waals surface area contributed by atoms with E-state index in [1.54, 1.807) is 13.0 Å². The van der Waals surface area contributed by atoms with E-state index in [-0.39, 0.29) is 11.7 Å². The van der Waals surface area contributed by atoms with Gasteiger partial charge in [0.15, 0.2) is 0 Å². The summed E-state index contributed by atoms with van der Waals surface area (Å²) in [6.07, 6.45) is 1.08. The molecular weight excluding hydrogens is 301 g/mol. The molecule has 1 N–H and O–H groups in total. The predicted octanol–water partition coefficient (Wildman–Crippen LogP) is 3.65. The highest BCUT2D eigenvalue weighted by Gasteiger charge is 2.08. The number of benzene rings is 1. The highest BCUT2D eigenvalue weighted by molar-refractivity contribution is 9.10. The summed E-state index contributed by atoms with van der Waals surface area (Å²) in [4.78, 5) is 11.6.